The zero-order chi connectivity index (χ0) is 18.0. The molecule has 25 heavy (non-hydrogen) atoms. The maximum Gasteiger partial charge on any atom is 0.218 e. The van der Waals surface area contributed by atoms with Gasteiger partial charge in [-0.15, -0.1) is 0 Å². The first-order valence-corrected chi connectivity index (χ1v) is 9.94. The molecule has 0 N–H and O–H groups in total. The van der Waals surface area contributed by atoms with E-state index in [4.69, 9.17) is 4.74 Å². The third-order valence-corrected chi connectivity index (χ3v) is 6.91. The highest BCUT2D eigenvalue weighted by Gasteiger charge is 2.34. The van der Waals surface area contributed by atoms with Crippen LogP contribution in [0.4, 0.5) is 5.82 Å². The lowest BCUT2D eigenvalue weighted by Crippen LogP contribution is -2.47. The number of sulfonamides is 1. The van der Waals surface area contributed by atoms with Crippen LogP contribution in [0.2, 0.25) is 0 Å². The Morgan fingerprint density at radius 2 is 2.24 bits per heavy atom. The van der Waals surface area contributed by atoms with Crippen molar-refractivity contribution in [1.29, 1.82) is 0 Å². The van der Waals surface area contributed by atoms with Gasteiger partial charge >= 0.3 is 0 Å². The summed E-state index contributed by atoms with van der Waals surface area (Å²) in [6.45, 7) is 3.93. The number of anilines is 1. The molecule has 0 aromatic carbocycles. The summed E-state index contributed by atoms with van der Waals surface area (Å²) in [5.74, 6) is 0.794. The van der Waals surface area contributed by atoms with E-state index in [2.05, 4.69) is 15.0 Å². The number of ether oxygens (including phenoxy) is 1. The number of likely N-dealkylation sites (N-methyl/N-ethyl adjacent to an activating group) is 1. The predicted octanol–water partition coefficient (Wildman–Crippen LogP) is 0.915. The van der Waals surface area contributed by atoms with Crippen molar-refractivity contribution in [3.63, 3.8) is 0 Å². The molecule has 3 heterocycles. The average molecular weight is 367 g/mol. The van der Waals surface area contributed by atoms with Crippen LogP contribution in [-0.4, -0.2) is 73.0 Å². The third-order valence-electron chi connectivity index (χ3n) is 4.64. The molecule has 1 aliphatic rings. The smallest absolute Gasteiger partial charge is 0.218 e. The van der Waals surface area contributed by atoms with Crippen LogP contribution in [0.1, 0.15) is 18.5 Å². The lowest BCUT2D eigenvalue weighted by atomic mass is 10.1. The van der Waals surface area contributed by atoms with E-state index in [-0.39, 0.29) is 0 Å². The second kappa shape index (κ2) is 7.27. The zero-order valence-electron chi connectivity index (χ0n) is 14.9. The van der Waals surface area contributed by atoms with Crippen LogP contribution in [0.5, 0.6) is 0 Å². The summed E-state index contributed by atoms with van der Waals surface area (Å²) < 4.78 is 33.9. The quantitative estimate of drug-likeness (QED) is 0.755. The zero-order valence-corrected chi connectivity index (χ0v) is 15.7. The van der Waals surface area contributed by atoms with Gasteiger partial charge in [-0.3, -0.25) is 0 Å². The Morgan fingerprint density at radius 3 is 3.00 bits per heavy atom. The molecular weight excluding hydrogens is 342 g/mol. The molecule has 0 aliphatic carbocycles. The minimum Gasteiger partial charge on any atom is -0.383 e. The highest BCUT2D eigenvalue weighted by atomic mass is 32.2. The molecule has 8 nitrogen and oxygen atoms in total. The van der Waals surface area contributed by atoms with Crippen molar-refractivity contribution in [2.45, 2.75) is 25.0 Å². The van der Waals surface area contributed by atoms with Crippen LogP contribution in [0.15, 0.2) is 18.5 Å². The first-order chi connectivity index (χ1) is 11.9. The first-order valence-electron chi connectivity index (χ1n) is 8.43. The van der Waals surface area contributed by atoms with Crippen molar-refractivity contribution < 1.29 is 13.2 Å². The summed E-state index contributed by atoms with van der Waals surface area (Å²) in [4.78, 5) is 6.55. The highest BCUT2D eigenvalue weighted by Crippen LogP contribution is 2.26. The van der Waals surface area contributed by atoms with Crippen molar-refractivity contribution in [2.75, 3.05) is 45.3 Å². The van der Waals surface area contributed by atoms with Crippen LogP contribution in [0.25, 0.3) is 5.52 Å². The maximum absolute atomic E-state index is 12.8. The Morgan fingerprint density at radius 1 is 1.44 bits per heavy atom. The molecule has 0 amide bonds. The molecule has 2 aromatic heterocycles. The lowest BCUT2D eigenvalue weighted by Gasteiger charge is -2.35. The fourth-order valence-electron chi connectivity index (χ4n) is 3.25. The number of aromatic nitrogens is 3. The molecule has 0 radical (unpaired) electrons. The summed E-state index contributed by atoms with van der Waals surface area (Å²) in [6.07, 6.45) is 5.00. The van der Waals surface area contributed by atoms with E-state index in [1.165, 1.54) is 4.31 Å². The van der Waals surface area contributed by atoms with Crippen LogP contribution >= 0.6 is 0 Å². The summed E-state index contributed by atoms with van der Waals surface area (Å²) in [5, 5.41) is 3.97. The largest absolute Gasteiger partial charge is 0.383 e. The number of fused-ring (bicyclic) bond motifs is 1. The van der Waals surface area contributed by atoms with E-state index in [1.807, 2.05) is 19.2 Å². The van der Waals surface area contributed by atoms with Gasteiger partial charge in [-0.05, 0) is 25.8 Å². The van der Waals surface area contributed by atoms with E-state index < -0.39 is 15.3 Å². The van der Waals surface area contributed by atoms with Crippen LogP contribution < -0.4 is 4.90 Å². The predicted molar refractivity (Wildman–Crippen MR) is 96.4 cm³/mol. The van der Waals surface area contributed by atoms with Gasteiger partial charge in [-0.1, -0.05) is 0 Å². The number of hydrogen-bond donors (Lipinski definition) is 0. The van der Waals surface area contributed by atoms with Crippen molar-refractivity contribution >= 4 is 21.4 Å². The van der Waals surface area contributed by atoms with Gasteiger partial charge < -0.3 is 9.64 Å². The van der Waals surface area contributed by atoms with Gasteiger partial charge in [0.1, 0.15) is 5.52 Å². The molecule has 1 atom stereocenters. The molecule has 138 valence electrons. The topological polar surface area (TPSA) is 80.0 Å². The number of nitrogens with zero attached hydrogens (tertiary/aromatic N) is 5. The Labute approximate surface area is 148 Å². The molecule has 0 saturated carbocycles. The first kappa shape index (κ1) is 18.1. The summed E-state index contributed by atoms with van der Waals surface area (Å²) in [7, 11) is -0.172. The molecule has 1 unspecified atom stereocenters. The van der Waals surface area contributed by atoms with Crippen LogP contribution in [0.3, 0.4) is 0 Å². The number of rotatable bonds is 6. The molecule has 2 aromatic rings. The van der Waals surface area contributed by atoms with Gasteiger partial charge in [0.25, 0.3) is 0 Å². The van der Waals surface area contributed by atoms with Crippen LogP contribution in [0, 0.1) is 6.92 Å². The second-order valence-electron chi connectivity index (χ2n) is 6.44. The molecule has 0 spiro atoms. The van der Waals surface area contributed by atoms with E-state index in [1.54, 1.807) is 24.9 Å². The van der Waals surface area contributed by atoms with Crippen LogP contribution in [-0.2, 0) is 14.8 Å². The Bertz CT molecular complexity index is 835. The third kappa shape index (κ3) is 3.63. The van der Waals surface area contributed by atoms with Gasteiger partial charge in [0, 0.05) is 46.2 Å². The molecule has 9 heteroatoms. The summed E-state index contributed by atoms with van der Waals surface area (Å²) in [6, 6.07) is 1.98. The van der Waals surface area contributed by atoms with E-state index in [0.29, 0.717) is 26.1 Å². The normalized spacial score (nSPS) is 19.0. The number of methoxy groups -OCH3 is 1. The SMILES string of the molecule is COCCN(C)S(=O)(=O)C1CCCN(c2nccn3nc(C)cc23)C1. The van der Waals surface area contributed by atoms with Gasteiger partial charge in [0.05, 0.1) is 17.6 Å². The van der Waals surface area contributed by atoms with Crippen molar-refractivity contribution in [3.05, 3.63) is 24.2 Å². The molecule has 1 aliphatic heterocycles. The van der Waals surface area contributed by atoms with Gasteiger partial charge in [0.2, 0.25) is 10.0 Å². The number of hydrogen-bond acceptors (Lipinski definition) is 6. The lowest BCUT2D eigenvalue weighted by molar-refractivity contribution is 0.184. The van der Waals surface area contributed by atoms with E-state index >= 15 is 0 Å². The van der Waals surface area contributed by atoms with E-state index in [0.717, 1.165) is 30.0 Å². The minimum atomic E-state index is -3.36. The highest BCUT2D eigenvalue weighted by molar-refractivity contribution is 7.89. The average Bonchev–Trinajstić information content (AvgIpc) is 2.99. The second-order valence-corrected chi connectivity index (χ2v) is 8.76. The van der Waals surface area contributed by atoms with Crippen molar-refractivity contribution in [2.24, 2.45) is 0 Å². The Balaban J connectivity index is 1.83. The molecule has 1 saturated heterocycles. The number of piperidine rings is 1. The van der Waals surface area contributed by atoms with Gasteiger partial charge in [0.15, 0.2) is 5.82 Å². The molecule has 3 rings (SSSR count). The number of aryl methyl sites for hydroxylation is 1. The summed E-state index contributed by atoms with van der Waals surface area (Å²) >= 11 is 0. The van der Waals surface area contributed by atoms with Gasteiger partial charge in [-0.25, -0.2) is 22.2 Å². The molecule has 1 fully saturated rings. The van der Waals surface area contributed by atoms with Crippen molar-refractivity contribution in [1.82, 2.24) is 18.9 Å². The minimum absolute atomic E-state index is 0.366. The molecule has 0 bridgehead atoms. The fourth-order valence-corrected chi connectivity index (χ4v) is 4.92. The maximum atomic E-state index is 12.8. The Kier molecular flexibility index (Phi) is 5.26. The monoisotopic (exact) mass is 367 g/mol. The Hall–Kier alpha value is -1.71. The molecular formula is C16H25N5O3S. The fraction of sp³-hybridized carbons (Fsp3) is 0.625. The van der Waals surface area contributed by atoms with Gasteiger partial charge in [-0.2, -0.15) is 5.10 Å². The standard InChI is InChI=1S/C16H25N5O3S/c1-13-11-15-16(17-6-8-21(15)18-13)20-7-4-5-14(12-20)25(22,23)19(2)9-10-24-3/h6,8,11,14H,4-5,7,9-10,12H2,1-3H3. The van der Waals surface area contributed by atoms with E-state index in [9.17, 15) is 8.42 Å². The summed E-state index contributed by atoms with van der Waals surface area (Å²) in [5.41, 5.74) is 1.82. The van der Waals surface area contributed by atoms with Crippen molar-refractivity contribution in [3.8, 4) is 0 Å².